The molecule has 8 heteroatoms. The number of ether oxygens (including phenoxy) is 1. The van der Waals surface area contributed by atoms with Gasteiger partial charge in [0.15, 0.2) is 5.58 Å². The van der Waals surface area contributed by atoms with E-state index in [0.717, 1.165) is 11.3 Å². The van der Waals surface area contributed by atoms with Crippen LogP contribution in [-0.2, 0) is 20.9 Å². The molecule has 2 heterocycles. The first-order valence-corrected chi connectivity index (χ1v) is 9.20. The van der Waals surface area contributed by atoms with Gasteiger partial charge in [-0.05, 0) is 18.6 Å². The second kappa shape index (κ2) is 7.77. The minimum absolute atomic E-state index is 0.00458. The normalized spacial score (nSPS) is 17.6. The lowest BCUT2D eigenvalue weighted by Gasteiger charge is -2.31. The number of aromatic nitrogens is 1. The molecule has 2 aromatic rings. The number of methoxy groups -OCH3 is 1. The molecule has 7 nitrogen and oxygen atoms in total. The third-order valence-corrected chi connectivity index (χ3v) is 5.39. The lowest BCUT2D eigenvalue weighted by molar-refractivity contribution is -0.141. The highest BCUT2D eigenvalue weighted by Gasteiger charge is 2.29. The van der Waals surface area contributed by atoms with Crippen molar-refractivity contribution < 1.29 is 18.7 Å². The molecule has 3 rings (SSSR count). The van der Waals surface area contributed by atoms with Gasteiger partial charge >= 0.3 is 11.7 Å². The fraction of sp³-hybridized carbons (Fsp3) is 0.471. The number of fused-ring (bicyclic) bond motifs is 1. The summed E-state index contributed by atoms with van der Waals surface area (Å²) in [5.74, 6) is 0.0138. The van der Waals surface area contributed by atoms with Gasteiger partial charge < -0.3 is 14.1 Å². The van der Waals surface area contributed by atoms with Crippen LogP contribution < -0.4 is 5.76 Å². The van der Waals surface area contributed by atoms with Crippen LogP contribution in [-0.4, -0.2) is 52.5 Å². The summed E-state index contributed by atoms with van der Waals surface area (Å²) in [5, 5.41) is -0.317. The van der Waals surface area contributed by atoms with Crippen LogP contribution in [0.25, 0.3) is 11.1 Å². The maximum Gasteiger partial charge on any atom is 0.419 e. The van der Waals surface area contributed by atoms with Gasteiger partial charge in [-0.2, -0.15) is 0 Å². The fourth-order valence-corrected chi connectivity index (χ4v) is 4.05. The van der Waals surface area contributed by atoms with Gasteiger partial charge in [0.25, 0.3) is 0 Å². The predicted octanol–water partition coefficient (Wildman–Crippen LogP) is 1.49. The Bertz CT molecular complexity index is 828. The van der Waals surface area contributed by atoms with Crippen LogP contribution in [0.3, 0.4) is 0 Å². The van der Waals surface area contributed by atoms with Crippen LogP contribution in [0.1, 0.15) is 12.8 Å². The largest absolute Gasteiger partial charge is 0.468 e. The second-order valence-electron chi connectivity index (χ2n) is 5.81. The summed E-state index contributed by atoms with van der Waals surface area (Å²) in [6.07, 6.45) is 0.860. The Morgan fingerprint density at radius 3 is 2.96 bits per heavy atom. The van der Waals surface area contributed by atoms with E-state index in [0.29, 0.717) is 38.1 Å². The first kappa shape index (κ1) is 17.6. The number of amides is 1. The number of aryl methyl sites for hydroxylation is 1. The molecule has 25 heavy (non-hydrogen) atoms. The van der Waals surface area contributed by atoms with Crippen molar-refractivity contribution in [2.24, 2.45) is 0 Å². The van der Waals surface area contributed by atoms with E-state index in [2.05, 4.69) is 0 Å². The zero-order valence-corrected chi connectivity index (χ0v) is 14.8. The molecule has 1 amide bonds. The monoisotopic (exact) mass is 364 g/mol. The van der Waals surface area contributed by atoms with Crippen molar-refractivity contribution in [1.29, 1.82) is 0 Å². The number of rotatable bonds is 5. The van der Waals surface area contributed by atoms with Crippen LogP contribution in [0.5, 0.6) is 0 Å². The Morgan fingerprint density at radius 2 is 2.16 bits per heavy atom. The number of carbonyl (C=O) groups excluding carboxylic acids is 2. The summed E-state index contributed by atoms with van der Waals surface area (Å²) >= 11 is 1.52. The maximum absolute atomic E-state index is 12.4. The third-order valence-electron chi connectivity index (χ3n) is 4.23. The number of nitrogens with zero attached hydrogens (tertiary/aromatic N) is 2. The van der Waals surface area contributed by atoms with Crippen LogP contribution in [0.2, 0.25) is 0 Å². The zero-order chi connectivity index (χ0) is 17.8. The summed E-state index contributed by atoms with van der Waals surface area (Å²) in [5.41, 5.74) is 1.29. The Labute approximate surface area is 148 Å². The van der Waals surface area contributed by atoms with E-state index in [9.17, 15) is 14.4 Å². The average molecular weight is 364 g/mol. The minimum Gasteiger partial charge on any atom is -0.468 e. The van der Waals surface area contributed by atoms with Crippen molar-refractivity contribution in [3.05, 3.63) is 34.8 Å². The van der Waals surface area contributed by atoms with E-state index in [1.54, 1.807) is 15.5 Å². The molecule has 0 aliphatic carbocycles. The van der Waals surface area contributed by atoms with Crippen molar-refractivity contribution in [2.45, 2.75) is 24.6 Å². The third kappa shape index (κ3) is 3.89. The maximum atomic E-state index is 12.4. The molecule has 1 aromatic carbocycles. The number of para-hydroxylation sites is 2. The van der Waals surface area contributed by atoms with Gasteiger partial charge in [-0.25, -0.2) is 4.79 Å². The fourth-order valence-electron chi connectivity index (χ4n) is 2.92. The van der Waals surface area contributed by atoms with Crippen molar-refractivity contribution in [3.63, 3.8) is 0 Å². The minimum atomic E-state index is -0.409. The summed E-state index contributed by atoms with van der Waals surface area (Å²) in [4.78, 5) is 37.6. The lowest BCUT2D eigenvalue weighted by atomic mass is 10.2. The molecule has 0 N–H and O–H groups in total. The average Bonchev–Trinajstić information content (AvgIpc) is 2.96. The van der Waals surface area contributed by atoms with Crippen LogP contribution in [0, 0.1) is 0 Å². The van der Waals surface area contributed by atoms with Gasteiger partial charge in [0, 0.05) is 31.8 Å². The molecule has 1 aromatic heterocycles. The molecule has 0 radical (unpaired) electrons. The predicted molar refractivity (Wildman–Crippen MR) is 94.6 cm³/mol. The number of hydrogen-bond donors (Lipinski definition) is 0. The Hall–Kier alpha value is -2.22. The molecule has 1 atom stereocenters. The second-order valence-corrected chi connectivity index (χ2v) is 7.12. The topological polar surface area (TPSA) is 81.8 Å². The number of oxazole rings is 1. The molecular weight excluding hydrogens is 344 g/mol. The van der Waals surface area contributed by atoms with Gasteiger partial charge in [0.1, 0.15) is 5.25 Å². The lowest BCUT2D eigenvalue weighted by Crippen LogP contribution is -2.44. The van der Waals surface area contributed by atoms with Gasteiger partial charge in [0.2, 0.25) is 5.91 Å². The number of thioether (sulfide) groups is 1. The van der Waals surface area contributed by atoms with E-state index in [-0.39, 0.29) is 17.1 Å². The molecule has 1 fully saturated rings. The van der Waals surface area contributed by atoms with Crippen LogP contribution in [0.15, 0.2) is 33.5 Å². The molecule has 0 unspecified atom stereocenters. The Kier molecular flexibility index (Phi) is 5.47. The van der Waals surface area contributed by atoms with E-state index in [4.69, 9.17) is 9.15 Å². The van der Waals surface area contributed by atoms with Crippen LogP contribution >= 0.6 is 11.8 Å². The molecule has 0 saturated carbocycles. The van der Waals surface area contributed by atoms with Gasteiger partial charge in [-0.15, -0.1) is 11.8 Å². The molecule has 0 spiro atoms. The molecule has 134 valence electrons. The molecular formula is C17H20N2O5S. The van der Waals surface area contributed by atoms with Crippen LogP contribution in [0.4, 0.5) is 0 Å². The van der Waals surface area contributed by atoms with Crippen molar-refractivity contribution in [1.82, 2.24) is 9.47 Å². The smallest absolute Gasteiger partial charge is 0.419 e. The van der Waals surface area contributed by atoms with E-state index in [1.165, 1.54) is 18.9 Å². The first-order valence-electron chi connectivity index (χ1n) is 8.15. The summed E-state index contributed by atoms with van der Waals surface area (Å²) < 4.78 is 11.5. The number of esters is 1. The molecule has 1 aliphatic heterocycles. The Balaban J connectivity index is 1.56. The van der Waals surface area contributed by atoms with E-state index >= 15 is 0 Å². The molecule has 1 saturated heterocycles. The zero-order valence-electron chi connectivity index (χ0n) is 14.0. The van der Waals surface area contributed by atoms with Gasteiger partial charge in [-0.1, -0.05) is 12.1 Å². The van der Waals surface area contributed by atoms with E-state index < -0.39 is 5.76 Å². The quantitative estimate of drug-likeness (QED) is 0.748. The van der Waals surface area contributed by atoms with Gasteiger partial charge in [-0.3, -0.25) is 14.2 Å². The first-order chi connectivity index (χ1) is 12.1. The summed E-state index contributed by atoms with van der Waals surface area (Å²) in [7, 11) is 1.36. The number of benzene rings is 1. The van der Waals surface area contributed by atoms with Crippen molar-refractivity contribution >= 4 is 34.7 Å². The Morgan fingerprint density at radius 1 is 1.36 bits per heavy atom. The van der Waals surface area contributed by atoms with Crippen molar-refractivity contribution in [3.8, 4) is 0 Å². The number of carbonyl (C=O) groups is 2. The highest BCUT2D eigenvalue weighted by Crippen LogP contribution is 2.20. The van der Waals surface area contributed by atoms with E-state index in [1.807, 2.05) is 18.2 Å². The highest BCUT2D eigenvalue weighted by atomic mass is 32.2. The number of hydrogen-bond acceptors (Lipinski definition) is 6. The van der Waals surface area contributed by atoms with Crippen molar-refractivity contribution in [2.75, 3.05) is 26.0 Å². The summed E-state index contributed by atoms with van der Waals surface area (Å²) in [6.45, 7) is 1.43. The summed E-state index contributed by atoms with van der Waals surface area (Å²) in [6, 6.07) is 7.23. The standard InChI is InChI=1S/C17H20N2O5S/c1-23-16(21)14-11-18(9-10-25-14)15(20)7-4-8-19-12-5-2-3-6-13(12)24-17(19)22/h2-3,5-6,14H,4,7-11H2,1H3/t14-/m0/s1. The highest BCUT2D eigenvalue weighted by molar-refractivity contribution is 8.00. The molecule has 0 bridgehead atoms. The van der Waals surface area contributed by atoms with Gasteiger partial charge in [0.05, 0.1) is 12.6 Å². The SMILES string of the molecule is COC(=O)[C@@H]1CN(C(=O)CCCn2c(=O)oc3ccccc32)CCS1. The molecule has 1 aliphatic rings.